The van der Waals surface area contributed by atoms with Crippen LogP contribution in [0.15, 0.2) is 12.2 Å². The van der Waals surface area contributed by atoms with Crippen LogP contribution in [0, 0.1) is 0 Å². The Morgan fingerprint density at radius 3 is 2.45 bits per heavy atom. The Morgan fingerprint density at radius 2 is 1.80 bits per heavy atom. The fourth-order valence-corrected chi connectivity index (χ4v) is 2.29. The highest BCUT2D eigenvalue weighted by Gasteiger charge is 2.27. The summed E-state index contributed by atoms with van der Waals surface area (Å²) in [6, 6.07) is 0. The van der Waals surface area contributed by atoms with Crippen LogP contribution in [0.25, 0.3) is 0 Å². The summed E-state index contributed by atoms with van der Waals surface area (Å²) < 4.78 is 11.5. The van der Waals surface area contributed by atoms with E-state index < -0.39 is 6.29 Å². The Labute approximate surface area is 123 Å². The van der Waals surface area contributed by atoms with E-state index in [2.05, 4.69) is 6.92 Å². The van der Waals surface area contributed by atoms with Crippen molar-refractivity contribution in [3.05, 3.63) is 12.2 Å². The van der Waals surface area contributed by atoms with E-state index in [9.17, 15) is 4.79 Å². The highest BCUT2D eigenvalue weighted by atomic mass is 16.7. The Hall–Kier alpha value is -0.670. The molecule has 1 aliphatic rings. The molecule has 116 valence electrons. The van der Waals surface area contributed by atoms with Gasteiger partial charge in [0, 0.05) is 0 Å². The lowest BCUT2D eigenvalue weighted by atomic mass is 10.0. The van der Waals surface area contributed by atoms with Crippen LogP contribution in [0.1, 0.15) is 72.6 Å². The maximum atomic E-state index is 11.8. The molecule has 1 rings (SSSR count). The van der Waals surface area contributed by atoms with E-state index in [-0.39, 0.29) is 17.5 Å². The largest absolute Gasteiger partial charge is 0.343 e. The molecule has 20 heavy (non-hydrogen) atoms. The predicted octanol–water partition coefficient (Wildman–Crippen LogP) is 4.40. The first kappa shape index (κ1) is 17.4. The van der Waals surface area contributed by atoms with Crippen LogP contribution in [-0.2, 0) is 14.3 Å². The molecule has 0 radical (unpaired) electrons. The van der Waals surface area contributed by atoms with Gasteiger partial charge in [-0.15, -0.1) is 0 Å². The minimum absolute atomic E-state index is 0.0762. The highest BCUT2D eigenvalue weighted by molar-refractivity contribution is 5.94. The van der Waals surface area contributed by atoms with Gasteiger partial charge in [-0.25, -0.2) is 0 Å². The Morgan fingerprint density at radius 1 is 1.15 bits per heavy atom. The summed E-state index contributed by atoms with van der Waals surface area (Å²) in [6.07, 6.45) is 10.8. The fraction of sp³-hybridized carbons (Fsp3) is 0.824. The lowest BCUT2D eigenvalue weighted by Gasteiger charge is -2.30. The number of rotatable bonds is 8. The van der Waals surface area contributed by atoms with Crippen LogP contribution < -0.4 is 0 Å². The van der Waals surface area contributed by atoms with Crippen LogP contribution in [0.5, 0.6) is 0 Å². The SMILES string of the molecule is CCCCCCCC[C@H]1OC(OC(C)(C)C)C=CC1=O. The molecular weight excluding hydrogens is 252 g/mol. The van der Waals surface area contributed by atoms with Gasteiger partial charge < -0.3 is 9.47 Å². The third kappa shape index (κ3) is 7.20. The number of unbranched alkanes of at least 4 members (excludes halogenated alkanes) is 5. The summed E-state index contributed by atoms with van der Waals surface area (Å²) in [5.74, 6) is 0.0762. The molecule has 0 aromatic carbocycles. The van der Waals surface area contributed by atoms with Crippen LogP contribution >= 0.6 is 0 Å². The van der Waals surface area contributed by atoms with E-state index >= 15 is 0 Å². The molecule has 2 atom stereocenters. The molecule has 0 fully saturated rings. The van der Waals surface area contributed by atoms with E-state index in [1.165, 1.54) is 32.1 Å². The molecule has 0 aromatic heterocycles. The van der Waals surface area contributed by atoms with Gasteiger partial charge in [-0.1, -0.05) is 45.4 Å². The Balaban J connectivity index is 2.28. The third-order valence-electron chi connectivity index (χ3n) is 3.32. The maximum Gasteiger partial charge on any atom is 0.184 e. The first-order chi connectivity index (χ1) is 9.42. The van der Waals surface area contributed by atoms with Crippen molar-refractivity contribution in [3.63, 3.8) is 0 Å². The average molecular weight is 282 g/mol. The van der Waals surface area contributed by atoms with Crippen LogP contribution in [0.3, 0.4) is 0 Å². The molecule has 1 aliphatic heterocycles. The van der Waals surface area contributed by atoms with Crippen molar-refractivity contribution in [1.82, 2.24) is 0 Å². The average Bonchev–Trinajstić information content (AvgIpc) is 2.35. The van der Waals surface area contributed by atoms with E-state index in [4.69, 9.17) is 9.47 Å². The monoisotopic (exact) mass is 282 g/mol. The summed E-state index contributed by atoms with van der Waals surface area (Å²) in [7, 11) is 0. The zero-order valence-corrected chi connectivity index (χ0v) is 13.5. The second kappa shape index (κ2) is 8.58. The van der Waals surface area contributed by atoms with Gasteiger partial charge in [0.25, 0.3) is 0 Å². The van der Waals surface area contributed by atoms with Crippen molar-refractivity contribution in [3.8, 4) is 0 Å². The fourth-order valence-electron chi connectivity index (χ4n) is 2.29. The molecule has 1 heterocycles. The summed E-state index contributed by atoms with van der Waals surface area (Å²) in [5, 5.41) is 0. The molecule has 0 aromatic rings. The molecule has 0 saturated carbocycles. The molecule has 0 amide bonds. The quantitative estimate of drug-likeness (QED) is 0.619. The van der Waals surface area contributed by atoms with Crippen molar-refractivity contribution < 1.29 is 14.3 Å². The van der Waals surface area contributed by atoms with E-state index in [1.807, 2.05) is 20.8 Å². The lowest BCUT2D eigenvalue weighted by Crippen LogP contribution is -2.37. The second-order valence-electron chi connectivity index (χ2n) is 6.54. The highest BCUT2D eigenvalue weighted by Crippen LogP contribution is 2.21. The molecule has 0 bridgehead atoms. The van der Waals surface area contributed by atoms with Crippen molar-refractivity contribution in [1.29, 1.82) is 0 Å². The zero-order valence-electron chi connectivity index (χ0n) is 13.5. The topological polar surface area (TPSA) is 35.5 Å². The molecule has 3 nitrogen and oxygen atoms in total. The Bertz CT molecular complexity index is 315. The van der Waals surface area contributed by atoms with Crippen LogP contribution in [0.2, 0.25) is 0 Å². The number of ketones is 1. The molecule has 1 unspecified atom stereocenters. The van der Waals surface area contributed by atoms with Crippen molar-refractivity contribution in [2.45, 2.75) is 90.6 Å². The minimum atomic E-state index is -0.391. The van der Waals surface area contributed by atoms with Crippen LogP contribution in [0.4, 0.5) is 0 Å². The van der Waals surface area contributed by atoms with Crippen molar-refractivity contribution >= 4 is 5.78 Å². The first-order valence-electron chi connectivity index (χ1n) is 7.97. The molecule has 0 saturated heterocycles. The lowest BCUT2D eigenvalue weighted by molar-refractivity contribution is -0.196. The zero-order chi connectivity index (χ0) is 15.0. The smallest absolute Gasteiger partial charge is 0.184 e. The molecule has 3 heteroatoms. The van der Waals surface area contributed by atoms with Gasteiger partial charge in [-0.05, 0) is 39.3 Å². The standard InChI is InChI=1S/C17H30O3/c1-5-6-7-8-9-10-11-15-14(18)12-13-16(19-15)20-17(2,3)4/h12-13,15-16H,5-11H2,1-4H3/t15-,16?/m1/s1. The summed E-state index contributed by atoms with van der Waals surface area (Å²) in [5.41, 5.74) is -0.264. The van der Waals surface area contributed by atoms with Crippen molar-refractivity contribution in [2.24, 2.45) is 0 Å². The van der Waals surface area contributed by atoms with Crippen LogP contribution in [-0.4, -0.2) is 23.8 Å². The van der Waals surface area contributed by atoms with Crippen molar-refractivity contribution in [2.75, 3.05) is 0 Å². The number of carbonyl (C=O) groups is 1. The van der Waals surface area contributed by atoms with Gasteiger partial charge in [0.15, 0.2) is 12.1 Å². The van der Waals surface area contributed by atoms with E-state index in [0.717, 1.165) is 12.8 Å². The predicted molar refractivity (Wildman–Crippen MR) is 81.6 cm³/mol. The molecular formula is C17H30O3. The number of ether oxygens (including phenoxy) is 2. The normalized spacial score (nSPS) is 23.3. The molecule has 0 aliphatic carbocycles. The number of carbonyl (C=O) groups excluding carboxylic acids is 1. The first-order valence-corrected chi connectivity index (χ1v) is 7.97. The van der Waals surface area contributed by atoms with E-state index in [1.54, 1.807) is 12.2 Å². The van der Waals surface area contributed by atoms with Gasteiger partial charge in [-0.3, -0.25) is 4.79 Å². The third-order valence-corrected chi connectivity index (χ3v) is 3.32. The summed E-state index contributed by atoms with van der Waals surface area (Å²) in [6.45, 7) is 8.19. The summed E-state index contributed by atoms with van der Waals surface area (Å²) in [4.78, 5) is 11.8. The molecule has 0 spiro atoms. The molecule has 0 N–H and O–H groups in total. The van der Waals surface area contributed by atoms with Gasteiger partial charge in [0.2, 0.25) is 0 Å². The summed E-state index contributed by atoms with van der Waals surface area (Å²) >= 11 is 0. The van der Waals surface area contributed by atoms with Gasteiger partial charge in [-0.2, -0.15) is 0 Å². The second-order valence-corrected chi connectivity index (χ2v) is 6.54. The Kier molecular flexibility index (Phi) is 7.46. The maximum absolute atomic E-state index is 11.8. The van der Waals surface area contributed by atoms with E-state index in [0.29, 0.717) is 0 Å². The van der Waals surface area contributed by atoms with Gasteiger partial charge >= 0.3 is 0 Å². The van der Waals surface area contributed by atoms with Gasteiger partial charge in [0.1, 0.15) is 6.10 Å². The van der Waals surface area contributed by atoms with Gasteiger partial charge in [0.05, 0.1) is 5.60 Å². The minimum Gasteiger partial charge on any atom is -0.343 e. The number of hydrogen-bond donors (Lipinski definition) is 0. The number of hydrogen-bond acceptors (Lipinski definition) is 3.